The molecule has 230 valence electrons. The third kappa shape index (κ3) is 7.85. The molecular weight excluding hydrogens is 658 g/mol. The van der Waals surface area contributed by atoms with Gasteiger partial charge in [0.05, 0.1) is 6.61 Å². The summed E-state index contributed by atoms with van der Waals surface area (Å²) in [7, 11) is 0. The Hall–Kier alpha value is -4.34. The molecule has 9 nitrogen and oxygen atoms in total. The summed E-state index contributed by atoms with van der Waals surface area (Å²) in [6.45, 7) is 0.783. The molecule has 0 saturated carbocycles. The lowest BCUT2D eigenvalue weighted by Gasteiger charge is -2.31. The van der Waals surface area contributed by atoms with E-state index in [4.69, 9.17) is 31.2 Å². The van der Waals surface area contributed by atoms with E-state index in [1.54, 1.807) is 24.3 Å². The van der Waals surface area contributed by atoms with Gasteiger partial charge in [0.25, 0.3) is 5.91 Å². The Morgan fingerprint density at radius 1 is 1.09 bits per heavy atom. The summed E-state index contributed by atoms with van der Waals surface area (Å²) in [5, 5.41) is 16.7. The summed E-state index contributed by atoms with van der Waals surface area (Å²) in [5.41, 5.74) is 11.3. The Labute approximate surface area is 274 Å². The number of carbonyl (C=O) groups is 1. The van der Waals surface area contributed by atoms with E-state index in [1.165, 1.54) is 0 Å². The first-order valence-electron chi connectivity index (χ1n) is 14.4. The lowest BCUT2D eigenvalue weighted by atomic mass is 9.81. The maximum atomic E-state index is 14.4. The van der Waals surface area contributed by atoms with Crippen molar-refractivity contribution in [1.82, 2.24) is 5.32 Å². The van der Waals surface area contributed by atoms with Crippen molar-refractivity contribution in [3.05, 3.63) is 139 Å². The van der Waals surface area contributed by atoms with Gasteiger partial charge in [-0.05, 0) is 77.2 Å². The fourth-order valence-corrected chi connectivity index (χ4v) is 5.66. The van der Waals surface area contributed by atoms with Crippen LogP contribution in [0.2, 0.25) is 5.02 Å². The van der Waals surface area contributed by atoms with Gasteiger partial charge in [0, 0.05) is 51.7 Å². The smallest absolute Gasteiger partial charge is 0.252 e. The van der Waals surface area contributed by atoms with Gasteiger partial charge in [0.15, 0.2) is 11.6 Å². The third-order valence-corrected chi connectivity index (χ3v) is 8.16. The molecule has 0 fully saturated rings. The van der Waals surface area contributed by atoms with Crippen LogP contribution < -0.4 is 10.1 Å². The number of hydrogen-bond donors (Lipinski definition) is 2. The summed E-state index contributed by atoms with van der Waals surface area (Å²) in [4.78, 5) is 22.5. The molecule has 2 N–H and O–H groups in total. The summed E-state index contributed by atoms with van der Waals surface area (Å²) in [5.74, 6) is 0.617. The molecule has 0 spiro atoms. The van der Waals surface area contributed by atoms with Crippen LogP contribution in [0, 0.1) is 0 Å². The highest BCUT2D eigenvalue weighted by Crippen LogP contribution is 2.44. The summed E-state index contributed by atoms with van der Waals surface area (Å²) >= 11 is 9.68. The fourth-order valence-electron chi connectivity index (χ4n) is 5.18. The number of nitrogens with one attached hydrogen (secondary N) is 1. The number of aliphatic hydroxyl groups excluding tert-OH is 1. The topological polar surface area (TPSA) is 129 Å². The normalized spacial score (nSPS) is 17.1. The minimum absolute atomic E-state index is 0.0478. The molecule has 1 amide bonds. The van der Waals surface area contributed by atoms with Crippen LogP contribution in [0.5, 0.6) is 5.75 Å². The average Bonchev–Trinajstić information content (AvgIpc) is 3.43. The van der Waals surface area contributed by atoms with Crippen molar-refractivity contribution in [3.63, 3.8) is 0 Å². The van der Waals surface area contributed by atoms with Crippen LogP contribution in [0.4, 0.5) is 5.69 Å². The van der Waals surface area contributed by atoms with Crippen LogP contribution in [0.3, 0.4) is 0 Å². The van der Waals surface area contributed by atoms with Gasteiger partial charge < -0.3 is 19.9 Å². The second kappa shape index (κ2) is 15.1. The Morgan fingerprint density at radius 2 is 1.87 bits per heavy atom. The number of carbonyl (C=O) groups excluding carboxylic acids is 1. The molecule has 5 rings (SSSR count). The molecule has 2 atom stereocenters. The summed E-state index contributed by atoms with van der Waals surface area (Å²) in [6.07, 6.45) is 0.401. The monoisotopic (exact) mass is 687 g/mol. The number of aliphatic hydroxyl groups is 1. The number of azide groups is 1. The molecule has 0 aliphatic carbocycles. The number of ether oxygens (including phenoxy) is 2. The van der Waals surface area contributed by atoms with Crippen molar-refractivity contribution in [2.24, 2.45) is 10.1 Å². The van der Waals surface area contributed by atoms with Gasteiger partial charge in [-0.1, -0.05) is 81.2 Å². The highest BCUT2D eigenvalue weighted by Gasteiger charge is 2.53. The van der Waals surface area contributed by atoms with E-state index in [2.05, 4.69) is 31.3 Å². The number of benzene rings is 4. The van der Waals surface area contributed by atoms with E-state index < -0.39 is 11.6 Å². The summed E-state index contributed by atoms with van der Waals surface area (Å²) < 4.78 is 13.2. The Morgan fingerprint density at radius 3 is 2.60 bits per heavy atom. The molecule has 1 heterocycles. The lowest BCUT2D eigenvalue weighted by Crippen LogP contribution is -2.50. The standard InChI is InChI=1S/C34H31BrClN5O4/c35-27-13-9-24(10-14-27)31-34(22-26-6-1-2-8-30(26)40-41-37,33(43)38-18-17-23-5-3-7-28(36)21-23)39-32(45-31)25-11-15-29(16-12-25)44-20-4-19-42/h1-3,5-16,21,31,42H,4,17-20,22H2,(H,38,43)/t31-,34-/m1/s1. The van der Waals surface area contributed by atoms with Gasteiger partial charge in [-0.2, -0.15) is 0 Å². The first-order valence-corrected chi connectivity index (χ1v) is 15.6. The first kappa shape index (κ1) is 32.1. The van der Waals surface area contributed by atoms with Crippen LogP contribution in [-0.2, 0) is 22.4 Å². The van der Waals surface area contributed by atoms with E-state index in [1.807, 2.05) is 72.8 Å². The molecule has 45 heavy (non-hydrogen) atoms. The van der Waals surface area contributed by atoms with Gasteiger partial charge in [0.1, 0.15) is 5.75 Å². The summed E-state index contributed by atoms with van der Waals surface area (Å²) in [6, 6.07) is 29.5. The molecule has 0 bridgehead atoms. The number of halogens is 2. The van der Waals surface area contributed by atoms with Gasteiger partial charge in [-0.15, -0.1) is 0 Å². The predicted molar refractivity (Wildman–Crippen MR) is 178 cm³/mol. The maximum absolute atomic E-state index is 14.4. The third-order valence-electron chi connectivity index (χ3n) is 7.39. The molecule has 1 aliphatic rings. The molecule has 0 radical (unpaired) electrons. The van der Waals surface area contributed by atoms with Crippen molar-refractivity contribution in [2.45, 2.75) is 30.9 Å². The van der Waals surface area contributed by atoms with Crippen molar-refractivity contribution < 1.29 is 19.4 Å². The predicted octanol–water partition coefficient (Wildman–Crippen LogP) is 7.66. The minimum atomic E-state index is -1.45. The highest BCUT2D eigenvalue weighted by molar-refractivity contribution is 9.10. The molecule has 0 unspecified atom stereocenters. The van der Waals surface area contributed by atoms with E-state index in [-0.39, 0.29) is 18.9 Å². The quantitative estimate of drug-likeness (QED) is 0.0647. The van der Waals surface area contributed by atoms with Crippen molar-refractivity contribution in [3.8, 4) is 5.75 Å². The Bertz CT molecular complexity index is 1710. The van der Waals surface area contributed by atoms with Crippen LogP contribution >= 0.6 is 27.5 Å². The SMILES string of the molecule is [N-]=[N+]=Nc1ccccc1C[C@@]1(C(=O)NCCc2cccc(Cl)c2)N=C(c2ccc(OCCCO)cc2)O[C@@H]1c1ccc(Br)cc1. The van der Waals surface area contributed by atoms with Crippen LogP contribution in [0.1, 0.15) is 34.8 Å². The molecule has 4 aromatic carbocycles. The van der Waals surface area contributed by atoms with E-state index >= 15 is 0 Å². The Balaban J connectivity index is 1.55. The van der Waals surface area contributed by atoms with E-state index in [9.17, 15) is 10.3 Å². The van der Waals surface area contributed by atoms with Crippen molar-refractivity contribution in [1.29, 1.82) is 0 Å². The van der Waals surface area contributed by atoms with Crippen molar-refractivity contribution >= 4 is 45.0 Å². The highest BCUT2D eigenvalue weighted by atomic mass is 79.9. The zero-order valence-corrected chi connectivity index (χ0v) is 26.6. The van der Waals surface area contributed by atoms with E-state index in [0.717, 1.165) is 15.6 Å². The maximum Gasteiger partial charge on any atom is 0.252 e. The molecular formula is C34H31BrClN5O4. The van der Waals surface area contributed by atoms with Crippen LogP contribution in [0.25, 0.3) is 10.4 Å². The zero-order chi connectivity index (χ0) is 31.6. The molecule has 0 saturated heterocycles. The molecule has 0 aromatic heterocycles. The Kier molecular flexibility index (Phi) is 10.8. The second-order valence-corrected chi connectivity index (χ2v) is 11.8. The number of aliphatic imine (C=N–C) groups is 1. The van der Waals surface area contributed by atoms with Crippen LogP contribution in [-0.4, -0.2) is 42.2 Å². The second-order valence-electron chi connectivity index (χ2n) is 10.5. The van der Waals surface area contributed by atoms with Gasteiger partial charge in [0.2, 0.25) is 5.90 Å². The fraction of sp³-hybridized carbons (Fsp3) is 0.235. The number of nitrogens with zero attached hydrogens (tertiary/aromatic N) is 4. The first-order chi connectivity index (χ1) is 21.9. The molecule has 4 aromatic rings. The van der Waals surface area contributed by atoms with Gasteiger partial charge >= 0.3 is 0 Å². The largest absolute Gasteiger partial charge is 0.494 e. The van der Waals surface area contributed by atoms with Gasteiger partial charge in [-0.25, -0.2) is 4.99 Å². The van der Waals surface area contributed by atoms with E-state index in [0.29, 0.717) is 59.5 Å². The molecule has 11 heteroatoms. The lowest BCUT2D eigenvalue weighted by molar-refractivity contribution is -0.128. The number of rotatable bonds is 13. The minimum Gasteiger partial charge on any atom is -0.494 e. The average molecular weight is 689 g/mol. The molecule has 1 aliphatic heterocycles. The zero-order valence-electron chi connectivity index (χ0n) is 24.3. The van der Waals surface area contributed by atoms with Crippen molar-refractivity contribution in [2.75, 3.05) is 19.8 Å². The number of amides is 1. The number of hydrogen-bond acceptors (Lipinski definition) is 6. The van der Waals surface area contributed by atoms with Gasteiger partial charge in [-0.3, -0.25) is 4.79 Å². The van der Waals surface area contributed by atoms with Crippen LogP contribution in [0.15, 0.2) is 112 Å².